The summed E-state index contributed by atoms with van der Waals surface area (Å²) in [7, 11) is 3.30. The second-order valence-corrected chi connectivity index (χ2v) is 14.4. The van der Waals surface area contributed by atoms with Gasteiger partial charge in [0.2, 0.25) is 11.8 Å². The maximum atomic E-state index is 13.5. The molecule has 1 saturated heterocycles. The Morgan fingerprint density at radius 3 is 2.28 bits per heavy atom. The largest absolute Gasteiger partial charge is 0.493 e. The van der Waals surface area contributed by atoms with Gasteiger partial charge in [-0.2, -0.15) is 0 Å². The van der Waals surface area contributed by atoms with Gasteiger partial charge in [-0.3, -0.25) is 14.5 Å². The molecule has 3 N–H and O–H groups in total. The first-order chi connectivity index (χ1) is 22.0. The summed E-state index contributed by atoms with van der Waals surface area (Å²) in [6.07, 6.45) is 1.69. The number of carbonyl (C=O) groups excluding carboxylic acids is 3. The van der Waals surface area contributed by atoms with E-state index in [0.29, 0.717) is 37.6 Å². The molecule has 1 aliphatic rings. The van der Waals surface area contributed by atoms with Crippen molar-refractivity contribution in [1.29, 1.82) is 0 Å². The lowest BCUT2D eigenvalue weighted by Gasteiger charge is -2.35. The van der Waals surface area contributed by atoms with Gasteiger partial charge in [-0.05, 0) is 89.3 Å². The molecule has 2 rings (SSSR count). The Bertz CT molecular complexity index is 1170. The monoisotopic (exact) mass is 663 g/mol. The molecule has 0 bridgehead atoms. The summed E-state index contributed by atoms with van der Waals surface area (Å²) >= 11 is 0. The number of primary amides is 1. The summed E-state index contributed by atoms with van der Waals surface area (Å²) in [4.78, 5) is 40.6. The zero-order valence-electron chi connectivity index (χ0n) is 30.6. The van der Waals surface area contributed by atoms with Crippen molar-refractivity contribution >= 4 is 17.9 Å². The number of benzene rings is 1. The van der Waals surface area contributed by atoms with Crippen LogP contribution in [0.25, 0.3) is 0 Å². The molecule has 11 heteroatoms. The third-order valence-corrected chi connectivity index (χ3v) is 9.21. The molecule has 0 spiro atoms. The van der Waals surface area contributed by atoms with E-state index in [1.54, 1.807) is 39.9 Å². The van der Waals surface area contributed by atoms with E-state index in [2.05, 4.69) is 25.2 Å². The molecular formula is C36H61N3O8. The van der Waals surface area contributed by atoms with Gasteiger partial charge in [0.05, 0.1) is 37.9 Å². The van der Waals surface area contributed by atoms with Crippen molar-refractivity contribution in [1.82, 2.24) is 10.2 Å². The Labute approximate surface area is 282 Å². The van der Waals surface area contributed by atoms with Gasteiger partial charge in [-0.1, -0.05) is 33.8 Å². The van der Waals surface area contributed by atoms with Crippen LogP contribution in [0, 0.1) is 29.1 Å². The number of rotatable bonds is 19. The fourth-order valence-corrected chi connectivity index (χ4v) is 6.09. The Hall–Kier alpha value is -3.05. The Morgan fingerprint density at radius 2 is 1.72 bits per heavy atom. The number of ether oxygens (including phenoxy) is 5. The number of nitrogens with two attached hydrogens (primary N) is 1. The van der Waals surface area contributed by atoms with Crippen molar-refractivity contribution in [3.05, 3.63) is 23.8 Å². The van der Waals surface area contributed by atoms with Crippen LogP contribution in [0.4, 0.5) is 4.79 Å². The van der Waals surface area contributed by atoms with Gasteiger partial charge in [-0.25, -0.2) is 4.79 Å². The van der Waals surface area contributed by atoms with Crippen molar-refractivity contribution in [2.24, 2.45) is 34.8 Å². The third kappa shape index (κ3) is 11.3. The minimum atomic E-state index is -0.946. The molecule has 0 saturated carbocycles. The van der Waals surface area contributed by atoms with Crippen LogP contribution in [0.1, 0.15) is 87.1 Å². The first-order valence-corrected chi connectivity index (χ1v) is 17.0. The van der Waals surface area contributed by atoms with Crippen molar-refractivity contribution in [2.45, 2.75) is 106 Å². The fourth-order valence-electron chi connectivity index (χ4n) is 6.09. The molecule has 11 nitrogen and oxygen atoms in total. The zero-order chi connectivity index (χ0) is 35.5. The van der Waals surface area contributed by atoms with Crippen molar-refractivity contribution in [3.8, 4) is 11.5 Å². The van der Waals surface area contributed by atoms with Crippen LogP contribution in [-0.4, -0.2) is 81.3 Å². The molecule has 47 heavy (non-hydrogen) atoms. The molecule has 1 aliphatic heterocycles. The third-order valence-electron chi connectivity index (χ3n) is 9.21. The smallest absolute Gasteiger partial charge is 0.412 e. The summed E-state index contributed by atoms with van der Waals surface area (Å²) in [6.45, 7) is 18.8. The minimum absolute atomic E-state index is 0.0156. The predicted octanol–water partition coefficient (Wildman–Crippen LogP) is 5.57. The van der Waals surface area contributed by atoms with Crippen LogP contribution < -0.4 is 20.5 Å². The SMILES string of the molecule is CCOC(=O)N1C(CC(Cc2ccc(OC)c(OCCCOC)c2)C(C)C)C(CC(C(=O)NCC(C)(C)C(N)=O)C(C)C)OC1(C)C. The second-order valence-electron chi connectivity index (χ2n) is 14.4. The van der Waals surface area contributed by atoms with Gasteiger partial charge in [0.15, 0.2) is 11.5 Å². The molecule has 0 aliphatic carbocycles. The summed E-state index contributed by atoms with van der Waals surface area (Å²) in [5, 5.41) is 2.95. The second kappa shape index (κ2) is 17.9. The zero-order valence-corrected chi connectivity index (χ0v) is 30.6. The van der Waals surface area contributed by atoms with Crippen molar-refractivity contribution in [3.63, 3.8) is 0 Å². The normalized spacial score (nSPS) is 19.0. The quantitative estimate of drug-likeness (QED) is 0.183. The number of methoxy groups -OCH3 is 2. The van der Waals surface area contributed by atoms with Crippen LogP contribution in [0.5, 0.6) is 11.5 Å². The molecule has 3 amide bonds. The lowest BCUT2D eigenvalue weighted by Crippen LogP contribution is -2.50. The Balaban J connectivity index is 2.40. The summed E-state index contributed by atoms with van der Waals surface area (Å²) in [5.41, 5.74) is 4.81. The van der Waals surface area contributed by atoms with E-state index >= 15 is 0 Å². The maximum absolute atomic E-state index is 13.5. The number of carbonyl (C=O) groups is 3. The van der Waals surface area contributed by atoms with Gasteiger partial charge < -0.3 is 34.7 Å². The Kier molecular flexibility index (Phi) is 15.3. The topological polar surface area (TPSA) is 139 Å². The first kappa shape index (κ1) is 40.1. The van der Waals surface area contributed by atoms with Gasteiger partial charge >= 0.3 is 6.09 Å². The fraction of sp³-hybridized carbons (Fsp3) is 0.750. The lowest BCUT2D eigenvalue weighted by atomic mass is 9.80. The van der Waals surface area contributed by atoms with Gasteiger partial charge in [0, 0.05) is 32.6 Å². The summed E-state index contributed by atoms with van der Waals surface area (Å²) in [5.74, 6) is 0.714. The van der Waals surface area contributed by atoms with Gasteiger partial charge in [-0.15, -0.1) is 0 Å². The molecule has 0 radical (unpaired) electrons. The van der Waals surface area contributed by atoms with Crippen LogP contribution in [0.2, 0.25) is 0 Å². The van der Waals surface area contributed by atoms with Crippen molar-refractivity contribution in [2.75, 3.05) is 40.6 Å². The van der Waals surface area contributed by atoms with Crippen molar-refractivity contribution < 1.29 is 38.1 Å². The van der Waals surface area contributed by atoms with Gasteiger partial charge in [0.1, 0.15) is 5.72 Å². The number of hydrogen-bond donors (Lipinski definition) is 2. The van der Waals surface area contributed by atoms with Crippen LogP contribution >= 0.6 is 0 Å². The molecule has 1 fully saturated rings. The highest BCUT2D eigenvalue weighted by Crippen LogP contribution is 2.41. The highest BCUT2D eigenvalue weighted by Gasteiger charge is 2.52. The summed E-state index contributed by atoms with van der Waals surface area (Å²) < 4.78 is 28.9. The average Bonchev–Trinajstić information content (AvgIpc) is 3.24. The van der Waals surface area contributed by atoms with E-state index in [0.717, 1.165) is 18.4 Å². The van der Waals surface area contributed by atoms with E-state index in [-0.39, 0.29) is 42.9 Å². The number of nitrogens with one attached hydrogen (secondary N) is 1. The minimum Gasteiger partial charge on any atom is -0.493 e. The van der Waals surface area contributed by atoms with E-state index < -0.39 is 35.2 Å². The highest BCUT2D eigenvalue weighted by molar-refractivity contribution is 5.83. The number of amides is 3. The predicted molar refractivity (Wildman–Crippen MR) is 182 cm³/mol. The van der Waals surface area contributed by atoms with Crippen LogP contribution in [0.15, 0.2) is 18.2 Å². The lowest BCUT2D eigenvalue weighted by molar-refractivity contribution is -0.131. The number of hydrogen-bond acceptors (Lipinski definition) is 8. The number of nitrogens with zero attached hydrogens (tertiary/aromatic N) is 1. The maximum Gasteiger partial charge on any atom is 0.412 e. The highest BCUT2D eigenvalue weighted by atomic mass is 16.6. The molecule has 268 valence electrons. The van der Waals surface area contributed by atoms with Crippen LogP contribution in [-0.2, 0) is 30.2 Å². The summed E-state index contributed by atoms with van der Waals surface area (Å²) in [6, 6.07) is 5.68. The van der Waals surface area contributed by atoms with E-state index in [9.17, 15) is 14.4 Å². The standard InChI is InChI=1S/C36H61N3O8/c1-12-45-34(42)39-28(20-26(23(2)3)18-25-14-15-29(44-11)31(19-25)46-17-13-16-43-10)30(47-36(39,8)9)21-27(24(4)5)32(40)38-22-35(6,7)33(37)41/h14-15,19,23-24,26-28,30H,12-13,16-18,20-22H2,1-11H3,(H2,37,41)(H,38,40). The Morgan fingerprint density at radius 1 is 1.04 bits per heavy atom. The van der Waals surface area contributed by atoms with E-state index in [1.807, 2.05) is 39.8 Å². The van der Waals surface area contributed by atoms with Crippen LogP contribution in [0.3, 0.4) is 0 Å². The molecule has 4 unspecified atom stereocenters. The van der Waals surface area contributed by atoms with E-state index in [4.69, 9.17) is 29.4 Å². The molecule has 1 heterocycles. The average molecular weight is 664 g/mol. The molecule has 1 aromatic carbocycles. The first-order valence-electron chi connectivity index (χ1n) is 17.0. The molecular weight excluding hydrogens is 602 g/mol. The molecule has 4 atom stereocenters. The molecule has 0 aromatic heterocycles. The van der Waals surface area contributed by atoms with Gasteiger partial charge in [0.25, 0.3) is 0 Å². The van der Waals surface area contributed by atoms with E-state index in [1.165, 1.54) is 0 Å². The molecule has 1 aromatic rings.